The molecule has 2 nitrogen and oxygen atoms in total. The van der Waals surface area contributed by atoms with Gasteiger partial charge in [0, 0.05) is 0 Å². The second-order valence-corrected chi connectivity index (χ2v) is 8.75. The first-order chi connectivity index (χ1) is 14.7. The minimum Gasteiger partial charge on any atom is -0.423 e. The first-order valence-corrected chi connectivity index (χ1v) is 11.1. The molecule has 0 amide bonds. The summed E-state index contributed by atoms with van der Waals surface area (Å²) in [7, 11) is 2.24. The van der Waals surface area contributed by atoms with Gasteiger partial charge < -0.3 is 4.74 Å². The van der Waals surface area contributed by atoms with Crippen molar-refractivity contribution in [3.05, 3.63) is 87.5 Å². The number of ether oxygens (including phenoxy) is 1. The highest BCUT2D eigenvalue weighted by Gasteiger charge is 2.15. The van der Waals surface area contributed by atoms with Crippen molar-refractivity contribution in [2.24, 2.45) is 0 Å². The van der Waals surface area contributed by atoms with E-state index in [2.05, 4.69) is 67.9 Å². The minimum atomic E-state index is -0.323. The van der Waals surface area contributed by atoms with Gasteiger partial charge in [-0.3, -0.25) is 0 Å². The van der Waals surface area contributed by atoms with Crippen molar-refractivity contribution in [1.82, 2.24) is 0 Å². The third kappa shape index (κ3) is 5.28. The lowest BCUT2D eigenvalue weighted by Gasteiger charge is -2.16. The van der Waals surface area contributed by atoms with Crippen LogP contribution in [0.25, 0.3) is 0 Å². The lowest BCUT2D eigenvalue weighted by atomic mass is 9.58. The highest BCUT2D eigenvalue weighted by molar-refractivity contribution is 6.69. The summed E-state index contributed by atoms with van der Waals surface area (Å²) < 4.78 is 5.70. The van der Waals surface area contributed by atoms with Gasteiger partial charge in [-0.05, 0) is 76.8 Å². The Kier molecular flexibility index (Phi) is 7.05. The lowest BCUT2D eigenvalue weighted by Crippen LogP contribution is -2.34. The summed E-state index contributed by atoms with van der Waals surface area (Å²) in [6.45, 7) is 14.9. The third-order valence-corrected chi connectivity index (χ3v) is 6.13. The van der Waals surface area contributed by atoms with Crippen molar-refractivity contribution in [1.29, 1.82) is 0 Å². The van der Waals surface area contributed by atoms with Crippen LogP contribution in [0.1, 0.15) is 69.9 Å². The molecule has 0 fully saturated rings. The number of benzene rings is 3. The first kappa shape index (κ1) is 22.9. The number of carbonyl (C=O) groups is 1. The number of rotatable bonds is 6. The maximum Gasteiger partial charge on any atom is 0.343 e. The summed E-state index contributed by atoms with van der Waals surface area (Å²) in [4.78, 5) is 12.7. The van der Waals surface area contributed by atoms with Gasteiger partial charge in [-0.2, -0.15) is 0 Å². The van der Waals surface area contributed by atoms with Crippen molar-refractivity contribution in [2.45, 2.75) is 60.8 Å². The molecule has 1 unspecified atom stereocenters. The molecule has 3 aromatic carbocycles. The van der Waals surface area contributed by atoms with Crippen LogP contribution in [0.5, 0.6) is 5.75 Å². The molecule has 0 bridgehead atoms. The summed E-state index contributed by atoms with van der Waals surface area (Å²) in [5, 5.41) is 0. The highest BCUT2D eigenvalue weighted by Crippen LogP contribution is 2.21. The summed E-state index contributed by atoms with van der Waals surface area (Å²) in [6.07, 6.45) is 1.08. The summed E-state index contributed by atoms with van der Waals surface area (Å²) >= 11 is 0. The Morgan fingerprint density at radius 1 is 0.839 bits per heavy atom. The van der Waals surface area contributed by atoms with Crippen LogP contribution in [0.15, 0.2) is 48.5 Å². The lowest BCUT2D eigenvalue weighted by molar-refractivity contribution is 0.0734. The summed E-state index contributed by atoms with van der Waals surface area (Å²) in [5.74, 6) is 0.747. The largest absolute Gasteiger partial charge is 0.423 e. The molecule has 0 spiro atoms. The molecule has 3 rings (SSSR count). The molecule has 1 atom stereocenters. The average molecular weight is 411 g/mol. The van der Waals surface area contributed by atoms with Crippen LogP contribution in [-0.4, -0.2) is 13.2 Å². The maximum atomic E-state index is 12.7. The van der Waals surface area contributed by atoms with Crippen LogP contribution in [0.4, 0.5) is 0 Å². The molecule has 1 radical (unpaired) electrons. The summed E-state index contributed by atoms with van der Waals surface area (Å²) in [5.41, 5.74) is 10.2. The van der Waals surface area contributed by atoms with Crippen molar-refractivity contribution < 1.29 is 9.53 Å². The van der Waals surface area contributed by atoms with Crippen LogP contribution >= 0.6 is 0 Å². The van der Waals surface area contributed by atoms with Gasteiger partial charge in [0.05, 0.1) is 5.56 Å². The van der Waals surface area contributed by atoms with E-state index in [1.165, 1.54) is 33.2 Å². The van der Waals surface area contributed by atoms with Crippen LogP contribution in [-0.2, 0) is 0 Å². The van der Waals surface area contributed by atoms with Gasteiger partial charge in [-0.25, -0.2) is 4.79 Å². The Labute approximate surface area is 187 Å². The zero-order valence-electron chi connectivity index (χ0n) is 19.8. The van der Waals surface area contributed by atoms with Gasteiger partial charge in [0.25, 0.3) is 0 Å². The molecule has 0 aromatic heterocycles. The SMILES string of the molecule is CCC(C)c1ccc(C(=O)Oc2cc(C)c([B]c3c(C)cc(C)cc3C)c(C)c2)cc1. The molecule has 0 aliphatic rings. The van der Waals surface area contributed by atoms with Crippen molar-refractivity contribution >= 4 is 24.2 Å². The van der Waals surface area contributed by atoms with Gasteiger partial charge in [0.2, 0.25) is 0 Å². The first-order valence-electron chi connectivity index (χ1n) is 11.1. The average Bonchev–Trinajstić information content (AvgIpc) is 2.71. The van der Waals surface area contributed by atoms with Crippen molar-refractivity contribution in [2.75, 3.05) is 0 Å². The van der Waals surface area contributed by atoms with Crippen LogP contribution in [0, 0.1) is 34.6 Å². The normalized spacial score (nSPS) is 11.8. The minimum absolute atomic E-state index is 0.323. The molecule has 3 aromatic rings. The van der Waals surface area contributed by atoms with E-state index in [1.807, 2.05) is 36.4 Å². The van der Waals surface area contributed by atoms with E-state index in [0.717, 1.165) is 17.5 Å². The zero-order chi connectivity index (χ0) is 22.7. The molecular weight excluding hydrogens is 379 g/mol. The fourth-order valence-corrected chi connectivity index (χ4v) is 4.13. The number of hydrogen-bond acceptors (Lipinski definition) is 2. The van der Waals surface area contributed by atoms with E-state index in [0.29, 0.717) is 17.2 Å². The van der Waals surface area contributed by atoms with Crippen molar-refractivity contribution in [3.63, 3.8) is 0 Å². The smallest absolute Gasteiger partial charge is 0.343 e. The van der Waals surface area contributed by atoms with E-state index < -0.39 is 0 Å². The predicted molar refractivity (Wildman–Crippen MR) is 132 cm³/mol. The maximum absolute atomic E-state index is 12.7. The fraction of sp³-hybridized carbons (Fsp3) is 0.321. The molecule has 159 valence electrons. The third-order valence-electron chi connectivity index (χ3n) is 6.13. The Morgan fingerprint density at radius 2 is 1.32 bits per heavy atom. The van der Waals surface area contributed by atoms with Gasteiger partial charge in [-0.1, -0.05) is 76.9 Å². The van der Waals surface area contributed by atoms with Gasteiger partial charge in [0.1, 0.15) is 5.75 Å². The molecule has 0 saturated carbocycles. The molecule has 31 heavy (non-hydrogen) atoms. The topological polar surface area (TPSA) is 26.3 Å². The van der Waals surface area contributed by atoms with E-state index in [-0.39, 0.29) is 5.97 Å². The number of aryl methyl sites for hydroxylation is 5. The molecule has 0 heterocycles. The van der Waals surface area contributed by atoms with Gasteiger partial charge in [-0.15, -0.1) is 0 Å². The van der Waals surface area contributed by atoms with Gasteiger partial charge >= 0.3 is 5.97 Å². The Balaban J connectivity index is 1.80. The highest BCUT2D eigenvalue weighted by atomic mass is 16.5. The van der Waals surface area contributed by atoms with Crippen LogP contribution in [0.3, 0.4) is 0 Å². The Bertz CT molecular complexity index is 1050. The predicted octanol–water partition coefficient (Wildman–Crippen LogP) is 5.62. The van der Waals surface area contributed by atoms with Crippen molar-refractivity contribution in [3.8, 4) is 5.75 Å². The molecule has 0 aliphatic heterocycles. The van der Waals surface area contributed by atoms with Crippen LogP contribution < -0.4 is 15.7 Å². The molecule has 0 saturated heterocycles. The van der Waals surface area contributed by atoms with Crippen LogP contribution in [0.2, 0.25) is 0 Å². The number of esters is 1. The molecule has 3 heteroatoms. The molecule has 0 aliphatic carbocycles. The standard InChI is InChI=1S/C28H32BO2/c1-8-18(3)23-9-11-24(12-10-23)28(30)31-25-15-21(6)27(22(7)16-25)29-26-19(4)13-17(2)14-20(26)5/h9-16,18H,8H2,1-7H3. The zero-order valence-corrected chi connectivity index (χ0v) is 19.8. The quantitative estimate of drug-likeness (QED) is 0.299. The van der Waals surface area contributed by atoms with E-state index in [1.54, 1.807) is 0 Å². The fourth-order valence-electron chi connectivity index (χ4n) is 4.13. The van der Waals surface area contributed by atoms with E-state index in [4.69, 9.17) is 4.74 Å². The van der Waals surface area contributed by atoms with E-state index in [9.17, 15) is 4.79 Å². The molecule has 0 N–H and O–H groups in total. The second kappa shape index (κ2) is 9.55. The monoisotopic (exact) mass is 411 g/mol. The van der Waals surface area contributed by atoms with E-state index >= 15 is 0 Å². The Morgan fingerprint density at radius 3 is 1.81 bits per heavy atom. The second-order valence-electron chi connectivity index (χ2n) is 8.75. The number of carbonyl (C=O) groups excluding carboxylic acids is 1. The summed E-state index contributed by atoms with van der Waals surface area (Å²) in [6, 6.07) is 16.1. The number of hydrogen-bond donors (Lipinski definition) is 0. The van der Waals surface area contributed by atoms with Gasteiger partial charge in [0.15, 0.2) is 7.28 Å². The molecular formula is C28H32BO2. The Hall–Kier alpha value is -2.81.